The number of carboxylic acid groups (broad SMARTS) is 1. The van der Waals surface area contributed by atoms with Gasteiger partial charge >= 0.3 is 18.1 Å². The molecule has 27 heavy (non-hydrogen) atoms. The van der Waals surface area contributed by atoms with Gasteiger partial charge in [0, 0.05) is 31.8 Å². The Morgan fingerprint density at radius 3 is 2.30 bits per heavy atom. The summed E-state index contributed by atoms with van der Waals surface area (Å²) < 4.78 is 61.9. The van der Waals surface area contributed by atoms with Crippen LogP contribution >= 0.6 is 11.8 Å². The first-order chi connectivity index (χ1) is 12.2. The normalized spacial score (nSPS) is 14.2. The lowest BCUT2D eigenvalue weighted by Crippen LogP contribution is -2.45. The van der Waals surface area contributed by atoms with Crippen LogP contribution < -0.4 is 5.32 Å². The first kappa shape index (κ1) is 26.1. The summed E-state index contributed by atoms with van der Waals surface area (Å²) in [4.78, 5) is 22.6. The highest BCUT2D eigenvalue weighted by atomic mass is 32.2. The van der Waals surface area contributed by atoms with Crippen LogP contribution in [0.2, 0.25) is 0 Å². The average Bonchev–Trinajstić information content (AvgIpc) is 2.48. The molecule has 0 aliphatic carbocycles. The van der Waals surface area contributed by atoms with E-state index >= 15 is 0 Å². The molecule has 0 rings (SSSR count). The van der Waals surface area contributed by atoms with Gasteiger partial charge in [-0.15, -0.1) is 0 Å². The van der Waals surface area contributed by atoms with Crippen LogP contribution in [0, 0.1) is 5.92 Å². The second-order valence-corrected chi connectivity index (χ2v) is 8.25. The second-order valence-electron chi connectivity index (χ2n) is 7.14. The SMILES string of the molecule is CC(CNCCC[N+](C)(C)CC(=O)O)C(=O)CSCCC(F)(F)C(F)(F)F. The fourth-order valence-corrected chi connectivity index (χ4v) is 3.20. The molecule has 1 unspecified atom stereocenters. The van der Waals surface area contributed by atoms with Crippen molar-refractivity contribution in [2.75, 3.05) is 51.8 Å². The first-order valence-corrected chi connectivity index (χ1v) is 9.63. The van der Waals surface area contributed by atoms with Crippen LogP contribution in [0.4, 0.5) is 22.0 Å². The quantitative estimate of drug-likeness (QED) is 0.256. The van der Waals surface area contributed by atoms with E-state index in [9.17, 15) is 31.5 Å². The first-order valence-electron chi connectivity index (χ1n) is 8.47. The smallest absolute Gasteiger partial charge is 0.453 e. The number of rotatable bonds is 14. The zero-order valence-electron chi connectivity index (χ0n) is 15.7. The predicted octanol–water partition coefficient (Wildman–Crippen LogP) is 2.65. The molecule has 0 aromatic heterocycles. The Bertz CT molecular complexity index is 487. The molecule has 5 nitrogen and oxygen atoms in total. The van der Waals surface area contributed by atoms with E-state index in [0.717, 1.165) is 11.8 Å². The Labute approximate surface area is 160 Å². The molecular weight excluding hydrogens is 395 g/mol. The molecule has 1 atom stereocenters. The van der Waals surface area contributed by atoms with Crippen molar-refractivity contribution < 1.29 is 41.1 Å². The number of hydrogen-bond acceptors (Lipinski definition) is 4. The van der Waals surface area contributed by atoms with Gasteiger partial charge in [-0.1, -0.05) is 6.92 Å². The molecule has 11 heteroatoms. The van der Waals surface area contributed by atoms with Crippen molar-refractivity contribution in [1.29, 1.82) is 0 Å². The predicted molar refractivity (Wildman–Crippen MR) is 94.1 cm³/mol. The van der Waals surface area contributed by atoms with E-state index < -0.39 is 30.2 Å². The van der Waals surface area contributed by atoms with Crippen LogP contribution in [0.25, 0.3) is 0 Å². The molecule has 0 bridgehead atoms. The van der Waals surface area contributed by atoms with Gasteiger partial charge in [-0.05, 0) is 5.75 Å². The Kier molecular flexibility index (Phi) is 10.8. The largest absolute Gasteiger partial charge is 0.477 e. The number of nitrogens with zero attached hydrogens (tertiary/aromatic N) is 1. The maximum atomic E-state index is 12.7. The van der Waals surface area contributed by atoms with Crippen molar-refractivity contribution in [2.45, 2.75) is 31.9 Å². The third-order valence-electron chi connectivity index (χ3n) is 3.90. The molecule has 0 amide bonds. The summed E-state index contributed by atoms with van der Waals surface area (Å²) in [7, 11) is 3.61. The summed E-state index contributed by atoms with van der Waals surface area (Å²) in [5, 5.41) is 11.9. The number of thioether (sulfide) groups is 1. The molecule has 0 aromatic carbocycles. The molecule has 0 fully saturated rings. The molecule has 160 valence electrons. The van der Waals surface area contributed by atoms with E-state index in [1.165, 1.54) is 0 Å². The molecule has 2 N–H and O–H groups in total. The van der Waals surface area contributed by atoms with Crippen LogP contribution in [0.3, 0.4) is 0 Å². The molecule has 0 radical (unpaired) electrons. The number of alkyl halides is 5. The van der Waals surface area contributed by atoms with E-state index in [0.29, 0.717) is 30.5 Å². The third kappa shape index (κ3) is 11.5. The molecular formula is C16H28F5N2O3S+. The summed E-state index contributed by atoms with van der Waals surface area (Å²) in [6.07, 6.45) is -6.19. The molecule has 0 spiro atoms. The van der Waals surface area contributed by atoms with E-state index in [-0.39, 0.29) is 24.0 Å². The van der Waals surface area contributed by atoms with E-state index in [1.54, 1.807) is 21.0 Å². The number of hydrogen-bond donors (Lipinski definition) is 2. The third-order valence-corrected chi connectivity index (χ3v) is 4.88. The lowest BCUT2D eigenvalue weighted by molar-refractivity contribution is -0.883. The Hall–Kier alpha value is -0.940. The summed E-state index contributed by atoms with van der Waals surface area (Å²) >= 11 is 0.770. The van der Waals surface area contributed by atoms with Gasteiger partial charge in [0.2, 0.25) is 0 Å². The average molecular weight is 423 g/mol. The monoisotopic (exact) mass is 423 g/mol. The number of carbonyl (C=O) groups is 2. The number of likely N-dealkylation sites (N-methyl/N-ethyl adjacent to an activating group) is 1. The summed E-state index contributed by atoms with van der Waals surface area (Å²) in [6, 6.07) is 0. The van der Waals surface area contributed by atoms with Gasteiger partial charge in [0.1, 0.15) is 5.78 Å². The van der Waals surface area contributed by atoms with Gasteiger partial charge < -0.3 is 14.9 Å². The fraction of sp³-hybridized carbons (Fsp3) is 0.875. The second kappa shape index (κ2) is 11.2. The van der Waals surface area contributed by atoms with Gasteiger partial charge in [-0.3, -0.25) is 4.79 Å². The molecule has 0 heterocycles. The van der Waals surface area contributed by atoms with Crippen LogP contribution in [0.5, 0.6) is 0 Å². The van der Waals surface area contributed by atoms with Crippen molar-refractivity contribution in [3.05, 3.63) is 0 Å². The van der Waals surface area contributed by atoms with Gasteiger partial charge in [0.05, 0.1) is 26.4 Å². The van der Waals surface area contributed by atoms with Gasteiger partial charge in [0.25, 0.3) is 0 Å². The van der Waals surface area contributed by atoms with Crippen LogP contribution in [-0.4, -0.2) is 85.2 Å². The zero-order chi connectivity index (χ0) is 21.3. The van der Waals surface area contributed by atoms with Gasteiger partial charge in [-0.2, -0.15) is 33.7 Å². The number of ketones is 1. The standard InChI is InChI=1S/C16H27F5N2O3S/c1-12(9-22-6-4-7-23(2,3)10-14(25)26)13(24)11-27-8-5-15(17,18)16(19,20)21/h12,22H,4-11H2,1-3H3/p+1. The number of quaternary nitrogens is 1. The highest BCUT2D eigenvalue weighted by Gasteiger charge is 2.56. The number of nitrogens with one attached hydrogen (secondary N) is 1. The topological polar surface area (TPSA) is 66.4 Å². The maximum Gasteiger partial charge on any atom is 0.453 e. The maximum absolute atomic E-state index is 12.7. The van der Waals surface area contributed by atoms with Crippen molar-refractivity contribution in [3.8, 4) is 0 Å². The Morgan fingerprint density at radius 1 is 1.19 bits per heavy atom. The number of halogens is 5. The molecule has 0 saturated heterocycles. The number of Topliss-reactive ketones (excluding diaryl/α,β-unsaturated/α-hetero) is 1. The van der Waals surface area contributed by atoms with E-state index in [1.807, 2.05) is 0 Å². The van der Waals surface area contributed by atoms with Crippen molar-refractivity contribution in [1.82, 2.24) is 5.32 Å². The van der Waals surface area contributed by atoms with E-state index in [4.69, 9.17) is 5.11 Å². The lowest BCUT2D eigenvalue weighted by atomic mass is 10.1. The minimum absolute atomic E-state index is 0.0134. The van der Waals surface area contributed by atoms with Crippen molar-refractivity contribution in [3.63, 3.8) is 0 Å². The van der Waals surface area contributed by atoms with Gasteiger partial charge in [-0.25, -0.2) is 4.79 Å². The van der Waals surface area contributed by atoms with Crippen LogP contribution in [0.15, 0.2) is 0 Å². The summed E-state index contributed by atoms with van der Waals surface area (Å²) in [6.45, 7) is 3.27. The Morgan fingerprint density at radius 2 is 1.78 bits per heavy atom. The number of carboxylic acids is 1. The highest BCUT2D eigenvalue weighted by Crippen LogP contribution is 2.38. The van der Waals surface area contributed by atoms with Crippen LogP contribution in [0.1, 0.15) is 19.8 Å². The van der Waals surface area contributed by atoms with Gasteiger partial charge in [0.15, 0.2) is 6.54 Å². The van der Waals surface area contributed by atoms with E-state index in [2.05, 4.69) is 5.32 Å². The summed E-state index contributed by atoms with van der Waals surface area (Å²) in [5.41, 5.74) is 0. The number of carbonyl (C=O) groups excluding carboxylic acids is 1. The lowest BCUT2D eigenvalue weighted by Gasteiger charge is -2.27. The Balaban J connectivity index is 3.92. The molecule has 0 saturated carbocycles. The minimum atomic E-state index is -5.56. The van der Waals surface area contributed by atoms with Crippen LogP contribution in [-0.2, 0) is 9.59 Å². The zero-order valence-corrected chi connectivity index (χ0v) is 16.6. The van der Waals surface area contributed by atoms with Crippen molar-refractivity contribution in [2.24, 2.45) is 5.92 Å². The highest BCUT2D eigenvalue weighted by molar-refractivity contribution is 7.99. The molecule has 0 aliphatic rings. The fourth-order valence-electron chi connectivity index (χ4n) is 2.17. The number of aliphatic carboxylic acids is 1. The molecule has 0 aliphatic heterocycles. The van der Waals surface area contributed by atoms with Crippen molar-refractivity contribution >= 4 is 23.5 Å². The summed E-state index contributed by atoms with van der Waals surface area (Å²) in [5.74, 6) is -6.78. The minimum Gasteiger partial charge on any atom is -0.477 e. The molecule has 0 aromatic rings.